The second-order valence-electron chi connectivity index (χ2n) is 4.00. The molecule has 19 heavy (non-hydrogen) atoms. The lowest BCUT2D eigenvalue weighted by Crippen LogP contribution is -2.22. The van der Waals surface area contributed by atoms with E-state index in [4.69, 9.17) is 16.9 Å². The van der Waals surface area contributed by atoms with Gasteiger partial charge in [-0.25, -0.2) is 0 Å². The van der Waals surface area contributed by atoms with Crippen molar-refractivity contribution in [3.63, 3.8) is 0 Å². The maximum Gasteiger partial charge on any atom is 0.251 e. The van der Waals surface area contributed by atoms with Crippen molar-refractivity contribution < 1.29 is 4.79 Å². The van der Waals surface area contributed by atoms with Crippen LogP contribution in [0.3, 0.4) is 0 Å². The zero-order chi connectivity index (χ0) is 13.7. The van der Waals surface area contributed by atoms with Crippen LogP contribution in [0.25, 0.3) is 0 Å². The van der Waals surface area contributed by atoms with Gasteiger partial charge in [-0.15, -0.1) is 0 Å². The number of carbonyl (C=O) groups excluding carboxylic acids is 1. The summed E-state index contributed by atoms with van der Waals surface area (Å²) >= 11 is 5.76. The second-order valence-corrected chi connectivity index (χ2v) is 4.43. The molecule has 0 saturated heterocycles. The quantitative estimate of drug-likeness (QED) is 0.931. The Morgan fingerprint density at radius 3 is 2.32 bits per heavy atom. The maximum absolute atomic E-state index is 11.8. The summed E-state index contributed by atoms with van der Waals surface area (Å²) in [6, 6.07) is 15.9. The van der Waals surface area contributed by atoms with Crippen molar-refractivity contribution in [2.24, 2.45) is 0 Å². The van der Waals surface area contributed by atoms with Crippen LogP contribution in [0.5, 0.6) is 0 Å². The summed E-state index contributed by atoms with van der Waals surface area (Å²) in [5.41, 5.74) is 2.12. The zero-order valence-corrected chi connectivity index (χ0v) is 10.8. The molecule has 0 atom stereocenters. The number of nitrogens with zero attached hydrogens (tertiary/aromatic N) is 1. The number of halogens is 1. The fraction of sp³-hybridized carbons (Fsp3) is 0.0667. The van der Waals surface area contributed by atoms with E-state index in [1.807, 2.05) is 12.1 Å². The largest absolute Gasteiger partial charge is 0.348 e. The molecule has 0 aliphatic rings. The van der Waals surface area contributed by atoms with Crippen molar-refractivity contribution >= 4 is 17.5 Å². The molecule has 2 rings (SSSR count). The molecule has 0 heterocycles. The van der Waals surface area contributed by atoms with Crippen LogP contribution in [-0.2, 0) is 6.54 Å². The number of benzene rings is 2. The summed E-state index contributed by atoms with van der Waals surface area (Å²) in [5.74, 6) is -0.152. The Balaban J connectivity index is 1.96. The van der Waals surface area contributed by atoms with E-state index in [2.05, 4.69) is 11.4 Å². The van der Waals surface area contributed by atoms with Gasteiger partial charge in [0.25, 0.3) is 5.91 Å². The van der Waals surface area contributed by atoms with Crippen molar-refractivity contribution in [3.8, 4) is 6.07 Å². The Kier molecular flexibility index (Phi) is 4.17. The van der Waals surface area contributed by atoms with E-state index in [1.54, 1.807) is 36.4 Å². The standard InChI is InChI=1S/C15H11ClN2O/c16-14-7-5-13(6-8-14)15(19)18-10-12-3-1-11(9-17)2-4-12/h1-8H,10H2,(H,18,19). The number of hydrogen-bond acceptors (Lipinski definition) is 2. The normalized spacial score (nSPS) is 9.68. The minimum Gasteiger partial charge on any atom is -0.348 e. The Labute approximate surface area is 116 Å². The molecule has 0 fully saturated rings. The molecule has 0 saturated carbocycles. The van der Waals surface area contributed by atoms with E-state index in [9.17, 15) is 4.79 Å². The van der Waals surface area contributed by atoms with Crippen molar-refractivity contribution in [1.82, 2.24) is 5.32 Å². The highest BCUT2D eigenvalue weighted by Crippen LogP contribution is 2.09. The third kappa shape index (κ3) is 3.57. The molecule has 0 aliphatic carbocycles. The molecule has 0 aliphatic heterocycles. The first kappa shape index (κ1) is 13.1. The van der Waals surface area contributed by atoms with Crippen molar-refractivity contribution in [2.45, 2.75) is 6.54 Å². The third-order valence-electron chi connectivity index (χ3n) is 2.64. The summed E-state index contributed by atoms with van der Waals surface area (Å²) in [4.78, 5) is 11.8. The molecular weight excluding hydrogens is 260 g/mol. The van der Waals surface area contributed by atoms with E-state index in [1.165, 1.54) is 0 Å². The van der Waals surface area contributed by atoms with Gasteiger partial charge in [-0.05, 0) is 42.0 Å². The molecule has 0 bridgehead atoms. The number of hydrogen-bond donors (Lipinski definition) is 1. The number of rotatable bonds is 3. The number of nitrogens with one attached hydrogen (secondary N) is 1. The number of carbonyl (C=O) groups is 1. The van der Waals surface area contributed by atoms with Crippen LogP contribution in [0.4, 0.5) is 0 Å². The Morgan fingerprint density at radius 1 is 1.11 bits per heavy atom. The molecule has 0 radical (unpaired) electrons. The first-order chi connectivity index (χ1) is 9.19. The van der Waals surface area contributed by atoms with Gasteiger partial charge in [0, 0.05) is 17.1 Å². The average Bonchev–Trinajstić information content (AvgIpc) is 2.46. The number of amides is 1. The minimum absolute atomic E-state index is 0.152. The first-order valence-corrected chi connectivity index (χ1v) is 6.09. The van der Waals surface area contributed by atoms with Crippen molar-refractivity contribution in [2.75, 3.05) is 0 Å². The fourth-order valence-corrected chi connectivity index (χ4v) is 1.71. The van der Waals surface area contributed by atoms with Gasteiger partial charge in [0.1, 0.15) is 0 Å². The van der Waals surface area contributed by atoms with Gasteiger partial charge in [0.15, 0.2) is 0 Å². The van der Waals surface area contributed by atoms with Crippen LogP contribution in [0.15, 0.2) is 48.5 Å². The molecule has 1 amide bonds. The lowest BCUT2D eigenvalue weighted by Gasteiger charge is -2.05. The van der Waals surface area contributed by atoms with Gasteiger partial charge in [0.05, 0.1) is 11.6 Å². The summed E-state index contributed by atoms with van der Waals surface area (Å²) in [7, 11) is 0. The van der Waals surface area contributed by atoms with Gasteiger partial charge < -0.3 is 5.32 Å². The smallest absolute Gasteiger partial charge is 0.251 e. The Bertz CT molecular complexity index is 612. The highest BCUT2D eigenvalue weighted by atomic mass is 35.5. The van der Waals surface area contributed by atoms with Crippen LogP contribution >= 0.6 is 11.6 Å². The third-order valence-corrected chi connectivity index (χ3v) is 2.89. The van der Waals surface area contributed by atoms with E-state index < -0.39 is 0 Å². The Hall–Kier alpha value is -2.31. The molecule has 3 nitrogen and oxygen atoms in total. The van der Waals surface area contributed by atoms with E-state index in [-0.39, 0.29) is 5.91 Å². The minimum atomic E-state index is -0.152. The van der Waals surface area contributed by atoms with Crippen LogP contribution in [-0.4, -0.2) is 5.91 Å². The van der Waals surface area contributed by atoms with Crippen LogP contribution in [0.2, 0.25) is 5.02 Å². The van der Waals surface area contributed by atoms with Crippen LogP contribution in [0.1, 0.15) is 21.5 Å². The predicted octanol–water partition coefficient (Wildman–Crippen LogP) is 3.14. The monoisotopic (exact) mass is 270 g/mol. The molecule has 0 unspecified atom stereocenters. The van der Waals surface area contributed by atoms with Crippen molar-refractivity contribution in [1.29, 1.82) is 5.26 Å². The molecule has 0 aromatic heterocycles. The van der Waals surface area contributed by atoms with Crippen LogP contribution in [0, 0.1) is 11.3 Å². The van der Waals surface area contributed by atoms with Crippen LogP contribution < -0.4 is 5.32 Å². The van der Waals surface area contributed by atoms with E-state index >= 15 is 0 Å². The molecule has 0 spiro atoms. The summed E-state index contributed by atoms with van der Waals surface area (Å²) in [6.45, 7) is 0.424. The fourth-order valence-electron chi connectivity index (χ4n) is 1.58. The lowest BCUT2D eigenvalue weighted by molar-refractivity contribution is 0.0951. The average molecular weight is 271 g/mol. The lowest BCUT2D eigenvalue weighted by atomic mass is 10.1. The SMILES string of the molecule is N#Cc1ccc(CNC(=O)c2ccc(Cl)cc2)cc1. The molecule has 2 aromatic carbocycles. The van der Waals surface area contributed by atoms with E-state index in [0.717, 1.165) is 5.56 Å². The molecule has 1 N–H and O–H groups in total. The summed E-state index contributed by atoms with van der Waals surface area (Å²) in [5, 5.41) is 12.1. The topological polar surface area (TPSA) is 52.9 Å². The first-order valence-electron chi connectivity index (χ1n) is 5.72. The molecular formula is C15H11ClN2O. The van der Waals surface area contributed by atoms with Gasteiger partial charge in [0.2, 0.25) is 0 Å². The van der Waals surface area contributed by atoms with Gasteiger partial charge in [-0.3, -0.25) is 4.79 Å². The highest BCUT2D eigenvalue weighted by Gasteiger charge is 2.04. The molecule has 2 aromatic rings. The summed E-state index contributed by atoms with van der Waals surface area (Å²) < 4.78 is 0. The van der Waals surface area contributed by atoms with E-state index in [0.29, 0.717) is 22.7 Å². The summed E-state index contributed by atoms with van der Waals surface area (Å²) in [6.07, 6.45) is 0. The Morgan fingerprint density at radius 2 is 1.74 bits per heavy atom. The number of nitriles is 1. The molecule has 94 valence electrons. The maximum atomic E-state index is 11.8. The van der Waals surface area contributed by atoms with Gasteiger partial charge >= 0.3 is 0 Å². The molecule has 4 heteroatoms. The van der Waals surface area contributed by atoms with Gasteiger partial charge in [-0.2, -0.15) is 5.26 Å². The second kappa shape index (κ2) is 6.03. The van der Waals surface area contributed by atoms with Crippen molar-refractivity contribution in [3.05, 3.63) is 70.2 Å². The zero-order valence-electron chi connectivity index (χ0n) is 10.1. The van der Waals surface area contributed by atoms with Gasteiger partial charge in [-0.1, -0.05) is 23.7 Å². The predicted molar refractivity (Wildman–Crippen MR) is 73.8 cm³/mol. The highest BCUT2D eigenvalue weighted by molar-refractivity contribution is 6.30.